The summed E-state index contributed by atoms with van der Waals surface area (Å²) in [4.78, 5) is 7.02. The third-order valence-electron chi connectivity index (χ3n) is 2.07. The molecule has 7 heteroatoms. The van der Waals surface area contributed by atoms with Crippen molar-refractivity contribution in [1.29, 1.82) is 5.26 Å². The van der Waals surface area contributed by atoms with E-state index in [1.54, 1.807) is 6.07 Å². The minimum Gasteiger partial charge on any atom is -0.335 e. The second kappa shape index (κ2) is 4.94. The SMILES string of the molecule is N#Cc1ccc(Nc2nc(Cl)ncc2F)c(F)c1. The molecule has 0 aliphatic carbocycles. The maximum absolute atomic E-state index is 13.5. The standard InChI is InChI=1S/C11H5ClF2N4/c12-11-16-5-8(14)10(18-11)17-9-2-1-6(4-15)3-7(9)13/h1-3,5H,(H,16,17,18). The van der Waals surface area contributed by atoms with Crippen molar-refractivity contribution in [2.24, 2.45) is 0 Å². The fraction of sp³-hybridized carbons (Fsp3) is 0. The molecule has 1 aromatic heterocycles. The van der Waals surface area contributed by atoms with Crippen molar-refractivity contribution in [2.45, 2.75) is 0 Å². The monoisotopic (exact) mass is 266 g/mol. The molecule has 0 saturated heterocycles. The average Bonchev–Trinajstić information content (AvgIpc) is 2.36. The van der Waals surface area contributed by atoms with Crippen LogP contribution < -0.4 is 5.32 Å². The Morgan fingerprint density at radius 1 is 1.28 bits per heavy atom. The maximum atomic E-state index is 13.5. The number of nitriles is 1. The lowest BCUT2D eigenvalue weighted by atomic mass is 10.2. The van der Waals surface area contributed by atoms with Gasteiger partial charge in [-0.1, -0.05) is 0 Å². The van der Waals surface area contributed by atoms with Gasteiger partial charge in [-0.05, 0) is 29.8 Å². The third kappa shape index (κ3) is 2.52. The first kappa shape index (κ1) is 12.2. The first-order valence-corrected chi connectivity index (χ1v) is 5.12. The minimum absolute atomic E-state index is 0.0114. The van der Waals surface area contributed by atoms with Crippen LogP contribution in [-0.4, -0.2) is 9.97 Å². The number of nitrogens with one attached hydrogen (secondary N) is 1. The van der Waals surface area contributed by atoms with Gasteiger partial charge < -0.3 is 5.32 Å². The lowest BCUT2D eigenvalue weighted by molar-refractivity contribution is 0.615. The molecule has 0 radical (unpaired) electrons. The zero-order valence-corrected chi connectivity index (χ0v) is 9.54. The second-order valence-electron chi connectivity index (χ2n) is 3.27. The summed E-state index contributed by atoms with van der Waals surface area (Å²) in [6.07, 6.45) is 0.874. The number of hydrogen-bond donors (Lipinski definition) is 1. The van der Waals surface area contributed by atoms with Crippen molar-refractivity contribution in [1.82, 2.24) is 9.97 Å². The van der Waals surface area contributed by atoms with Gasteiger partial charge in [-0.2, -0.15) is 10.2 Å². The van der Waals surface area contributed by atoms with Crippen LogP contribution in [0, 0.1) is 23.0 Å². The minimum atomic E-state index is -0.761. The highest BCUT2D eigenvalue weighted by molar-refractivity contribution is 6.28. The van der Waals surface area contributed by atoms with E-state index in [1.807, 2.05) is 0 Å². The topological polar surface area (TPSA) is 61.6 Å². The predicted molar refractivity (Wildman–Crippen MR) is 61.4 cm³/mol. The quantitative estimate of drug-likeness (QED) is 0.849. The van der Waals surface area contributed by atoms with Crippen LogP contribution in [-0.2, 0) is 0 Å². The number of aromatic nitrogens is 2. The highest BCUT2D eigenvalue weighted by Crippen LogP contribution is 2.21. The van der Waals surface area contributed by atoms with Crippen molar-refractivity contribution in [3.05, 3.63) is 46.9 Å². The van der Waals surface area contributed by atoms with Crippen LogP contribution in [0.2, 0.25) is 5.28 Å². The molecule has 2 rings (SSSR count). The van der Waals surface area contributed by atoms with Crippen LogP contribution >= 0.6 is 11.6 Å². The van der Waals surface area contributed by atoms with Gasteiger partial charge in [0.1, 0.15) is 5.82 Å². The van der Waals surface area contributed by atoms with E-state index in [4.69, 9.17) is 16.9 Å². The summed E-state index contributed by atoms with van der Waals surface area (Å²) < 4.78 is 26.9. The Morgan fingerprint density at radius 2 is 2.06 bits per heavy atom. The first-order valence-electron chi connectivity index (χ1n) is 4.75. The molecule has 4 nitrogen and oxygen atoms in total. The van der Waals surface area contributed by atoms with Gasteiger partial charge in [0, 0.05) is 0 Å². The van der Waals surface area contributed by atoms with E-state index in [1.165, 1.54) is 12.1 Å². The van der Waals surface area contributed by atoms with E-state index in [2.05, 4.69) is 15.3 Å². The van der Waals surface area contributed by atoms with Crippen LogP contribution in [0.25, 0.3) is 0 Å². The van der Waals surface area contributed by atoms with Gasteiger partial charge in [0.25, 0.3) is 0 Å². The smallest absolute Gasteiger partial charge is 0.224 e. The van der Waals surface area contributed by atoms with Crippen molar-refractivity contribution in [2.75, 3.05) is 5.32 Å². The molecule has 2 aromatic rings. The number of anilines is 2. The molecule has 0 aliphatic heterocycles. The zero-order chi connectivity index (χ0) is 13.1. The van der Waals surface area contributed by atoms with E-state index in [0.717, 1.165) is 12.3 Å². The van der Waals surface area contributed by atoms with Crippen LogP contribution in [0.5, 0.6) is 0 Å². The number of halogens is 3. The molecule has 0 aliphatic rings. The van der Waals surface area contributed by atoms with Gasteiger partial charge in [-0.25, -0.2) is 13.8 Å². The predicted octanol–water partition coefficient (Wildman–Crippen LogP) is 3.02. The number of nitrogens with zero attached hydrogens (tertiary/aromatic N) is 3. The molecule has 0 bridgehead atoms. The Balaban J connectivity index is 2.34. The highest BCUT2D eigenvalue weighted by Gasteiger charge is 2.09. The van der Waals surface area contributed by atoms with Gasteiger partial charge >= 0.3 is 0 Å². The van der Waals surface area contributed by atoms with Crippen LogP contribution in [0.15, 0.2) is 24.4 Å². The molecule has 18 heavy (non-hydrogen) atoms. The Bertz CT molecular complexity index is 639. The van der Waals surface area contributed by atoms with Crippen LogP contribution in [0.3, 0.4) is 0 Å². The summed E-state index contributed by atoms with van der Waals surface area (Å²) in [5.74, 6) is -1.69. The summed E-state index contributed by atoms with van der Waals surface area (Å²) in [7, 11) is 0. The number of rotatable bonds is 2. The molecule has 90 valence electrons. The Morgan fingerprint density at radius 3 is 2.72 bits per heavy atom. The molecule has 0 atom stereocenters. The summed E-state index contributed by atoms with van der Waals surface area (Å²) in [6.45, 7) is 0. The summed E-state index contributed by atoms with van der Waals surface area (Å²) in [5, 5.41) is 10.9. The zero-order valence-electron chi connectivity index (χ0n) is 8.78. The maximum Gasteiger partial charge on any atom is 0.224 e. The van der Waals surface area contributed by atoms with Gasteiger partial charge in [0.05, 0.1) is 23.5 Å². The van der Waals surface area contributed by atoms with E-state index < -0.39 is 11.6 Å². The van der Waals surface area contributed by atoms with E-state index in [9.17, 15) is 8.78 Å². The van der Waals surface area contributed by atoms with Crippen molar-refractivity contribution < 1.29 is 8.78 Å². The Labute approximate surface area is 106 Å². The van der Waals surface area contributed by atoms with Crippen LogP contribution in [0.4, 0.5) is 20.3 Å². The van der Waals surface area contributed by atoms with Gasteiger partial charge in [-0.3, -0.25) is 0 Å². The Kier molecular flexibility index (Phi) is 3.35. The highest BCUT2D eigenvalue weighted by atomic mass is 35.5. The average molecular weight is 267 g/mol. The van der Waals surface area contributed by atoms with E-state index >= 15 is 0 Å². The molecule has 0 fully saturated rings. The lowest BCUT2D eigenvalue weighted by Gasteiger charge is -2.07. The van der Waals surface area contributed by atoms with Gasteiger partial charge in [-0.15, -0.1) is 0 Å². The largest absolute Gasteiger partial charge is 0.335 e. The molecule has 0 spiro atoms. The van der Waals surface area contributed by atoms with Crippen molar-refractivity contribution in [3.63, 3.8) is 0 Å². The number of benzene rings is 1. The lowest BCUT2D eigenvalue weighted by Crippen LogP contribution is -2.00. The second-order valence-corrected chi connectivity index (χ2v) is 3.61. The van der Waals surface area contributed by atoms with Crippen LogP contribution in [0.1, 0.15) is 5.56 Å². The molecule has 1 N–H and O–H groups in total. The molecular formula is C11H5ClF2N4. The fourth-order valence-corrected chi connectivity index (χ4v) is 1.38. The van der Waals surface area contributed by atoms with Gasteiger partial charge in [0.15, 0.2) is 11.6 Å². The number of hydrogen-bond acceptors (Lipinski definition) is 4. The first-order chi connectivity index (χ1) is 8.60. The third-order valence-corrected chi connectivity index (χ3v) is 2.25. The molecule has 0 unspecified atom stereocenters. The Hall–Kier alpha value is -2.26. The molecule has 1 heterocycles. The fourth-order valence-electron chi connectivity index (χ4n) is 1.25. The molecule has 0 saturated carbocycles. The summed E-state index contributed by atoms with van der Waals surface area (Å²) in [6, 6.07) is 5.53. The van der Waals surface area contributed by atoms with Gasteiger partial charge in [0.2, 0.25) is 5.28 Å². The van der Waals surface area contributed by atoms with E-state index in [0.29, 0.717) is 0 Å². The van der Waals surface area contributed by atoms with E-state index in [-0.39, 0.29) is 22.4 Å². The summed E-state index contributed by atoms with van der Waals surface area (Å²) >= 11 is 5.50. The van der Waals surface area contributed by atoms with Crippen molar-refractivity contribution >= 4 is 23.1 Å². The molecular weight excluding hydrogens is 262 g/mol. The normalized spacial score (nSPS) is 9.89. The summed E-state index contributed by atoms with van der Waals surface area (Å²) in [5.41, 5.74) is 0.155. The van der Waals surface area contributed by atoms with Crippen molar-refractivity contribution in [3.8, 4) is 6.07 Å². The molecule has 0 amide bonds. The molecule has 1 aromatic carbocycles.